The van der Waals surface area contributed by atoms with Gasteiger partial charge < -0.3 is 5.32 Å². The van der Waals surface area contributed by atoms with E-state index in [0.717, 1.165) is 17.3 Å². The highest BCUT2D eigenvalue weighted by Gasteiger charge is 2.21. The Bertz CT molecular complexity index is 1120. The zero-order valence-electron chi connectivity index (χ0n) is 15.9. The van der Waals surface area contributed by atoms with Crippen molar-refractivity contribution in [1.29, 1.82) is 0 Å². The van der Waals surface area contributed by atoms with Crippen LogP contribution in [0.5, 0.6) is 0 Å². The lowest BCUT2D eigenvalue weighted by molar-refractivity contribution is -0.384. The standard InChI is InChI=1S/C19H18ClN5O4S/c1-12(17(26)21-16-11-14(25(28)29)7-8-15(16)20)30-19-23-22-18(27)24(19)10-9-13-5-3-2-4-6-13/h2-8,11-12H,9-10H2,1H3,(H,21,26)(H,22,27). The molecule has 30 heavy (non-hydrogen) atoms. The Kier molecular flexibility index (Phi) is 6.91. The summed E-state index contributed by atoms with van der Waals surface area (Å²) in [6.45, 7) is 2.05. The number of nitrogens with zero attached hydrogens (tertiary/aromatic N) is 3. The van der Waals surface area contributed by atoms with Crippen LogP contribution in [0, 0.1) is 10.1 Å². The van der Waals surface area contributed by atoms with Crippen molar-refractivity contribution >= 4 is 40.6 Å². The number of thioether (sulfide) groups is 1. The van der Waals surface area contributed by atoms with Crippen molar-refractivity contribution in [3.05, 3.63) is 79.7 Å². The van der Waals surface area contributed by atoms with Crippen LogP contribution in [-0.4, -0.2) is 30.8 Å². The number of anilines is 1. The van der Waals surface area contributed by atoms with E-state index in [4.69, 9.17) is 11.6 Å². The number of hydrogen-bond acceptors (Lipinski definition) is 6. The maximum absolute atomic E-state index is 12.6. The minimum Gasteiger partial charge on any atom is -0.324 e. The summed E-state index contributed by atoms with van der Waals surface area (Å²) in [5.74, 6) is -0.424. The number of carbonyl (C=O) groups is 1. The van der Waals surface area contributed by atoms with Crippen LogP contribution in [0.25, 0.3) is 0 Å². The Morgan fingerprint density at radius 3 is 2.77 bits per heavy atom. The second-order valence-corrected chi connectivity index (χ2v) is 8.08. The monoisotopic (exact) mass is 447 g/mol. The van der Waals surface area contributed by atoms with Crippen molar-refractivity contribution in [2.24, 2.45) is 0 Å². The fourth-order valence-corrected chi connectivity index (χ4v) is 3.69. The molecule has 156 valence electrons. The van der Waals surface area contributed by atoms with E-state index in [9.17, 15) is 19.7 Å². The summed E-state index contributed by atoms with van der Waals surface area (Å²) in [7, 11) is 0. The molecular weight excluding hydrogens is 430 g/mol. The second-order valence-electron chi connectivity index (χ2n) is 6.37. The number of nitro groups is 1. The topological polar surface area (TPSA) is 123 Å². The number of carbonyl (C=O) groups excluding carboxylic acids is 1. The average molecular weight is 448 g/mol. The molecule has 0 aliphatic heterocycles. The number of aromatic amines is 1. The maximum atomic E-state index is 12.6. The second kappa shape index (κ2) is 9.59. The number of benzene rings is 2. The van der Waals surface area contributed by atoms with Gasteiger partial charge >= 0.3 is 5.69 Å². The Hall–Kier alpha value is -3.11. The van der Waals surface area contributed by atoms with E-state index in [1.54, 1.807) is 6.92 Å². The molecule has 0 saturated carbocycles. The SMILES string of the molecule is CC(Sc1n[nH]c(=O)n1CCc1ccccc1)C(=O)Nc1cc([N+](=O)[O-])ccc1Cl. The third-order valence-corrected chi connectivity index (χ3v) is 5.68. The first-order valence-electron chi connectivity index (χ1n) is 8.95. The van der Waals surface area contributed by atoms with Crippen LogP contribution in [-0.2, 0) is 17.8 Å². The Labute approximate surface area is 180 Å². The minimum atomic E-state index is -0.633. The largest absolute Gasteiger partial charge is 0.343 e. The number of aryl methyl sites for hydroxylation is 1. The molecule has 0 bridgehead atoms. The van der Waals surface area contributed by atoms with Crippen LogP contribution in [0.1, 0.15) is 12.5 Å². The lowest BCUT2D eigenvalue weighted by Gasteiger charge is -2.13. The van der Waals surface area contributed by atoms with E-state index < -0.39 is 16.1 Å². The predicted molar refractivity (Wildman–Crippen MR) is 115 cm³/mol. The molecule has 3 rings (SSSR count). The first-order valence-corrected chi connectivity index (χ1v) is 10.2. The van der Waals surface area contributed by atoms with Gasteiger partial charge in [-0.3, -0.25) is 19.5 Å². The normalized spacial score (nSPS) is 11.8. The van der Waals surface area contributed by atoms with Gasteiger partial charge in [-0.2, -0.15) is 0 Å². The number of halogens is 1. The molecule has 0 saturated heterocycles. The molecular formula is C19H18ClN5O4S. The van der Waals surface area contributed by atoms with E-state index >= 15 is 0 Å². The quantitative estimate of drug-likeness (QED) is 0.309. The van der Waals surface area contributed by atoms with E-state index in [0.29, 0.717) is 18.1 Å². The van der Waals surface area contributed by atoms with Crippen LogP contribution in [0.15, 0.2) is 58.5 Å². The maximum Gasteiger partial charge on any atom is 0.343 e. The molecule has 0 radical (unpaired) electrons. The van der Waals surface area contributed by atoms with E-state index in [1.807, 2.05) is 30.3 Å². The Balaban J connectivity index is 1.68. The number of nitrogens with one attached hydrogen (secondary N) is 2. The zero-order chi connectivity index (χ0) is 21.7. The summed E-state index contributed by atoms with van der Waals surface area (Å²) in [6, 6.07) is 13.5. The molecule has 1 amide bonds. The highest BCUT2D eigenvalue weighted by atomic mass is 35.5. The average Bonchev–Trinajstić information content (AvgIpc) is 3.07. The molecule has 1 unspecified atom stereocenters. The molecule has 11 heteroatoms. The fraction of sp³-hybridized carbons (Fsp3) is 0.211. The van der Waals surface area contributed by atoms with Crippen molar-refractivity contribution in [2.75, 3.05) is 5.32 Å². The van der Waals surface area contributed by atoms with Crippen molar-refractivity contribution in [1.82, 2.24) is 14.8 Å². The number of amides is 1. The summed E-state index contributed by atoms with van der Waals surface area (Å²) in [6.07, 6.45) is 0.637. The van der Waals surface area contributed by atoms with Crippen LogP contribution < -0.4 is 11.0 Å². The van der Waals surface area contributed by atoms with Crippen molar-refractivity contribution in [3.63, 3.8) is 0 Å². The minimum absolute atomic E-state index is 0.145. The van der Waals surface area contributed by atoms with Gasteiger partial charge in [-0.1, -0.05) is 53.7 Å². The van der Waals surface area contributed by atoms with Crippen LogP contribution in [0.4, 0.5) is 11.4 Å². The molecule has 2 aromatic carbocycles. The lowest BCUT2D eigenvalue weighted by atomic mass is 10.1. The molecule has 0 spiro atoms. The molecule has 3 aromatic rings. The molecule has 9 nitrogen and oxygen atoms in total. The molecule has 1 atom stereocenters. The number of non-ortho nitro benzene ring substituents is 1. The molecule has 2 N–H and O–H groups in total. The van der Waals surface area contributed by atoms with E-state index in [-0.39, 0.29) is 22.1 Å². The fourth-order valence-electron chi connectivity index (χ4n) is 2.64. The summed E-state index contributed by atoms with van der Waals surface area (Å²) in [4.78, 5) is 35.0. The van der Waals surface area contributed by atoms with Gasteiger partial charge in [0.25, 0.3) is 5.69 Å². The summed E-state index contributed by atoms with van der Waals surface area (Å²) >= 11 is 7.13. The van der Waals surface area contributed by atoms with Gasteiger partial charge in [0.1, 0.15) is 0 Å². The summed E-state index contributed by atoms with van der Waals surface area (Å²) < 4.78 is 1.47. The van der Waals surface area contributed by atoms with Gasteiger partial charge in [-0.25, -0.2) is 9.89 Å². The number of nitro benzene ring substituents is 1. The Morgan fingerprint density at radius 1 is 1.33 bits per heavy atom. The molecule has 1 heterocycles. The Morgan fingerprint density at radius 2 is 2.07 bits per heavy atom. The van der Waals surface area contributed by atoms with Gasteiger partial charge in [0.05, 0.1) is 20.9 Å². The van der Waals surface area contributed by atoms with Gasteiger partial charge in [-0.15, -0.1) is 5.10 Å². The smallest absolute Gasteiger partial charge is 0.324 e. The number of rotatable bonds is 8. The molecule has 0 fully saturated rings. The number of H-pyrrole nitrogens is 1. The summed E-state index contributed by atoms with van der Waals surface area (Å²) in [5.41, 5.74) is 0.680. The van der Waals surface area contributed by atoms with Gasteiger partial charge in [0, 0.05) is 18.7 Å². The van der Waals surface area contributed by atoms with Gasteiger partial charge in [0.2, 0.25) is 5.91 Å². The molecule has 1 aromatic heterocycles. The molecule has 0 aliphatic carbocycles. The highest BCUT2D eigenvalue weighted by molar-refractivity contribution is 8.00. The third kappa shape index (κ3) is 5.28. The predicted octanol–water partition coefficient (Wildman–Crippen LogP) is 3.50. The number of aromatic nitrogens is 3. The van der Waals surface area contributed by atoms with Crippen LogP contribution in [0.3, 0.4) is 0 Å². The van der Waals surface area contributed by atoms with Crippen LogP contribution >= 0.6 is 23.4 Å². The van der Waals surface area contributed by atoms with Crippen LogP contribution in [0.2, 0.25) is 5.02 Å². The van der Waals surface area contributed by atoms with Gasteiger partial charge in [0.15, 0.2) is 5.16 Å². The summed E-state index contributed by atoms with van der Waals surface area (Å²) in [5, 5.41) is 19.9. The highest BCUT2D eigenvalue weighted by Crippen LogP contribution is 2.28. The van der Waals surface area contributed by atoms with Gasteiger partial charge in [-0.05, 0) is 25.0 Å². The lowest BCUT2D eigenvalue weighted by Crippen LogP contribution is -2.24. The first kappa shape index (κ1) is 21.6. The third-order valence-electron chi connectivity index (χ3n) is 4.26. The van der Waals surface area contributed by atoms with Crippen molar-refractivity contribution < 1.29 is 9.72 Å². The van der Waals surface area contributed by atoms with E-state index in [2.05, 4.69) is 15.5 Å². The molecule has 0 aliphatic rings. The van der Waals surface area contributed by atoms with E-state index in [1.165, 1.54) is 22.8 Å². The number of hydrogen-bond donors (Lipinski definition) is 2. The first-order chi connectivity index (χ1) is 14.3. The van der Waals surface area contributed by atoms with Crippen molar-refractivity contribution in [2.45, 2.75) is 30.3 Å². The zero-order valence-corrected chi connectivity index (χ0v) is 17.4. The van der Waals surface area contributed by atoms with Crippen molar-refractivity contribution in [3.8, 4) is 0 Å².